The third-order valence-electron chi connectivity index (χ3n) is 3.98. The average Bonchev–Trinajstić information content (AvgIpc) is 2.49. The van der Waals surface area contributed by atoms with E-state index in [2.05, 4.69) is 5.32 Å². The number of nitrogens with zero attached hydrogens (tertiary/aromatic N) is 1. The zero-order chi connectivity index (χ0) is 15.2. The zero-order valence-electron chi connectivity index (χ0n) is 12.3. The van der Waals surface area contributed by atoms with Crippen LogP contribution in [0.5, 0.6) is 0 Å². The molecule has 1 aromatic carbocycles. The van der Waals surface area contributed by atoms with Crippen LogP contribution in [0.15, 0.2) is 30.3 Å². The third-order valence-corrected chi connectivity index (χ3v) is 3.98. The molecule has 1 fully saturated rings. The number of carboxylic acids is 1. The molecule has 0 aromatic heterocycles. The Labute approximate surface area is 125 Å². The minimum absolute atomic E-state index is 0.0221. The maximum absolute atomic E-state index is 12.3. The summed E-state index contributed by atoms with van der Waals surface area (Å²) >= 11 is 0. The molecular formula is C16H22N2O3. The van der Waals surface area contributed by atoms with Crippen LogP contribution in [0.25, 0.3) is 0 Å². The predicted octanol–water partition coefficient (Wildman–Crippen LogP) is 2.20. The number of hydrogen-bond acceptors (Lipinski definition) is 3. The van der Waals surface area contributed by atoms with E-state index in [0.29, 0.717) is 13.0 Å². The number of anilines is 1. The topological polar surface area (TPSA) is 69.6 Å². The molecule has 1 aliphatic heterocycles. The van der Waals surface area contributed by atoms with E-state index in [1.54, 1.807) is 0 Å². The summed E-state index contributed by atoms with van der Waals surface area (Å²) in [5.74, 6) is -0.972. The minimum Gasteiger partial charge on any atom is -0.480 e. The maximum Gasteiger partial charge on any atom is 0.320 e. The Morgan fingerprint density at radius 2 is 2.10 bits per heavy atom. The SMILES string of the molecule is CC[C@H](C(=O)O)N1CCC[C@H](C(=O)Nc2ccccc2)C1. The number of likely N-dealkylation sites (tertiary alicyclic amines) is 1. The molecule has 21 heavy (non-hydrogen) atoms. The normalized spacial score (nSPS) is 20.7. The van der Waals surface area contributed by atoms with E-state index >= 15 is 0 Å². The van der Waals surface area contributed by atoms with Gasteiger partial charge < -0.3 is 10.4 Å². The number of rotatable bonds is 5. The van der Waals surface area contributed by atoms with Crippen LogP contribution in [-0.4, -0.2) is 41.0 Å². The van der Waals surface area contributed by atoms with E-state index in [9.17, 15) is 14.7 Å². The fraction of sp³-hybridized carbons (Fsp3) is 0.500. The number of benzene rings is 1. The van der Waals surface area contributed by atoms with Gasteiger partial charge >= 0.3 is 5.97 Å². The van der Waals surface area contributed by atoms with Crippen molar-refractivity contribution in [2.24, 2.45) is 5.92 Å². The second kappa shape index (κ2) is 7.22. The Morgan fingerprint density at radius 3 is 2.71 bits per heavy atom. The molecule has 1 amide bonds. The molecule has 2 atom stereocenters. The highest BCUT2D eigenvalue weighted by Crippen LogP contribution is 2.21. The van der Waals surface area contributed by atoms with Crippen LogP contribution < -0.4 is 5.32 Å². The molecular weight excluding hydrogens is 268 g/mol. The van der Waals surface area contributed by atoms with Crippen molar-refractivity contribution in [2.75, 3.05) is 18.4 Å². The number of amides is 1. The summed E-state index contributed by atoms with van der Waals surface area (Å²) in [5.41, 5.74) is 0.782. The summed E-state index contributed by atoms with van der Waals surface area (Å²) in [6, 6.07) is 8.87. The average molecular weight is 290 g/mol. The van der Waals surface area contributed by atoms with Gasteiger partial charge in [-0.2, -0.15) is 0 Å². The van der Waals surface area contributed by atoms with Crippen molar-refractivity contribution in [3.05, 3.63) is 30.3 Å². The third kappa shape index (κ3) is 4.04. The smallest absolute Gasteiger partial charge is 0.320 e. The summed E-state index contributed by atoms with van der Waals surface area (Å²) in [4.78, 5) is 25.5. The van der Waals surface area contributed by atoms with Gasteiger partial charge in [-0.25, -0.2) is 0 Å². The minimum atomic E-state index is -0.804. The second-order valence-electron chi connectivity index (χ2n) is 5.45. The van der Waals surface area contributed by atoms with Crippen LogP contribution in [0.3, 0.4) is 0 Å². The second-order valence-corrected chi connectivity index (χ2v) is 5.45. The fourth-order valence-corrected chi connectivity index (χ4v) is 2.86. The number of para-hydroxylation sites is 1. The number of nitrogens with one attached hydrogen (secondary N) is 1. The number of carbonyl (C=O) groups is 2. The van der Waals surface area contributed by atoms with E-state index in [0.717, 1.165) is 25.1 Å². The molecule has 5 heteroatoms. The van der Waals surface area contributed by atoms with Crippen molar-refractivity contribution in [1.29, 1.82) is 0 Å². The standard InChI is InChI=1S/C16H22N2O3/c1-2-14(16(20)21)18-10-6-7-12(11-18)15(19)17-13-8-4-3-5-9-13/h3-5,8-9,12,14H,2,6-7,10-11H2,1H3,(H,17,19)(H,20,21)/t12-,14+/m0/s1. The summed E-state index contributed by atoms with van der Waals surface area (Å²) in [6.45, 7) is 3.13. The van der Waals surface area contributed by atoms with Crippen molar-refractivity contribution in [1.82, 2.24) is 4.90 Å². The molecule has 0 spiro atoms. The predicted molar refractivity (Wildman–Crippen MR) is 81.1 cm³/mol. The Kier molecular flexibility index (Phi) is 5.33. The van der Waals surface area contributed by atoms with Crippen molar-refractivity contribution < 1.29 is 14.7 Å². The highest BCUT2D eigenvalue weighted by Gasteiger charge is 2.32. The van der Waals surface area contributed by atoms with Gasteiger partial charge in [-0.1, -0.05) is 25.1 Å². The first-order chi connectivity index (χ1) is 10.1. The fourth-order valence-electron chi connectivity index (χ4n) is 2.86. The van der Waals surface area contributed by atoms with E-state index in [4.69, 9.17) is 0 Å². The lowest BCUT2D eigenvalue weighted by atomic mass is 9.95. The zero-order valence-corrected chi connectivity index (χ0v) is 12.3. The van der Waals surface area contributed by atoms with Gasteiger partial charge in [0.05, 0.1) is 5.92 Å². The van der Waals surface area contributed by atoms with Gasteiger partial charge in [-0.15, -0.1) is 0 Å². The van der Waals surface area contributed by atoms with Gasteiger partial charge in [-0.05, 0) is 37.9 Å². The molecule has 1 saturated heterocycles. The Bertz CT molecular complexity index is 490. The Morgan fingerprint density at radius 1 is 1.38 bits per heavy atom. The van der Waals surface area contributed by atoms with E-state index < -0.39 is 12.0 Å². The van der Waals surface area contributed by atoms with Gasteiger partial charge in [0.1, 0.15) is 6.04 Å². The number of carboxylic acid groups (broad SMARTS) is 1. The molecule has 1 aliphatic rings. The first-order valence-electron chi connectivity index (χ1n) is 7.44. The van der Waals surface area contributed by atoms with E-state index in [1.165, 1.54) is 0 Å². The van der Waals surface area contributed by atoms with Crippen LogP contribution in [0.2, 0.25) is 0 Å². The number of hydrogen-bond donors (Lipinski definition) is 2. The molecule has 1 heterocycles. The molecule has 0 saturated carbocycles. The highest BCUT2D eigenvalue weighted by atomic mass is 16.4. The van der Waals surface area contributed by atoms with Crippen LogP contribution in [0.4, 0.5) is 5.69 Å². The largest absolute Gasteiger partial charge is 0.480 e. The highest BCUT2D eigenvalue weighted by molar-refractivity contribution is 5.92. The first kappa shape index (κ1) is 15.5. The molecule has 114 valence electrons. The molecule has 2 N–H and O–H groups in total. The monoisotopic (exact) mass is 290 g/mol. The van der Waals surface area contributed by atoms with Crippen LogP contribution >= 0.6 is 0 Å². The molecule has 1 aromatic rings. The van der Waals surface area contributed by atoms with Crippen molar-refractivity contribution in [2.45, 2.75) is 32.2 Å². The van der Waals surface area contributed by atoms with Crippen molar-refractivity contribution in [3.8, 4) is 0 Å². The molecule has 0 unspecified atom stereocenters. The molecule has 2 rings (SSSR count). The number of carbonyl (C=O) groups excluding carboxylic acids is 1. The summed E-state index contributed by atoms with van der Waals surface area (Å²) in [5, 5.41) is 12.1. The Hall–Kier alpha value is -1.88. The van der Waals surface area contributed by atoms with Crippen LogP contribution in [0, 0.1) is 5.92 Å². The van der Waals surface area contributed by atoms with Gasteiger partial charge in [0, 0.05) is 12.2 Å². The maximum atomic E-state index is 12.3. The van der Waals surface area contributed by atoms with Gasteiger partial charge in [0.2, 0.25) is 5.91 Å². The number of piperidine rings is 1. The van der Waals surface area contributed by atoms with Crippen LogP contribution in [-0.2, 0) is 9.59 Å². The quantitative estimate of drug-likeness (QED) is 0.872. The molecule has 5 nitrogen and oxygen atoms in total. The van der Waals surface area contributed by atoms with Gasteiger partial charge in [-0.3, -0.25) is 14.5 Å². The molecule has 0 bridgehead atoms. The summed E-state index contributed by atoms with van der Waals surface area (Å²) in [6.07, 6.45) is 2.23. The lowest BCUT2D eigenvalue weighted by molar-refractivity contribution is -0.145. The summed E-state index contributed by atoms with van der Waals surface area (Å²) < 4.78 is 0. The van der Waals surface area contributed by atoms with E-state index in [1.807, 2.05) is 42.2 Å². The summed E-state index contributed by atoms with van der Waals surface area (Å²) in [7, 11) is 0. The number of aliphatic carboxylic acids is 1. The lowest BCUT2D eigenvalue weighted by Crippen LogP contribution is -2.48. The molecule has 0 aliphatic carbocycles. The van der Waals surface area contributed by atoms with Gasteiger partial charge in [0.25, 0.3) is 0 Å². The van der Waals surface area contributed by atoms with Gasteiger partial charge in [0.15, 0.2) is 0 Å². The first-order valence-corrected chi connectivity index (χ1v) is 7.44. The van der Waals surface area contributed by atoms with E-state index in [-0.39, 0.29) is 11.8 Å². The van der Waals surface area contributed by atoms with Crippen molar-refractivity contribution in [3.63, 3.8) is 0 Å². The Balaban J connectivity index is 1.97. The van der Waals surface area contributed by atoms with Crippen LogP contribution in [0.1, 0.15) is 26.2 Å². The molecule has 0 radical (unpaired) electrons. The van der Waals surface area contributed by atoms with Crippen molar-refractivity contribution >= 4 is 17.6 Å². The lowest BCUT2D eigenvalue weighted by Gasteiger charge is -2.35.